The van der Waals surface area contributed by atoms with Crippen molar-refractivity contribution in [2.24, 2.45) is 0 Å². The van der Waals surface area contributed by atoms with Crippen molar-refractivity contribution in [1.82, 2.24) is 10.6 Å². The number of ether oxygens (including phenoxy) is 1. The number of methoxy groups -OCH3 is 1. The van der Waals surface area contributed by atoms with E-state index in [-0.39, 0.29) is 36.3 Å². The van der Waals surface area contributed by atoms with Gasteiger partial charge in [-0.2, -0.15) is 0 Å². The van der Waals surface area contributed by atoms with Gasteiger partial charge in [0.25, 0.3) is 0 Å². The van der Waals surface area contributed by atoms with Crippen LogP contribution in [-0.2, 0) is 9.53 Å². The molecule has 2 rings (SSSR count). The number of carbonyl (C=O) groups is 1. The summed E-state index contributed by atoms with van der Waals surface area (Å²) in [4.78, 5) is 12.1. The van der Waals surface area contributed by atoms with Crippen LogP contribution in [0.5, 0.6) is 0 Å². The van der Waals surface area contributed by atoms with Crippen LogP contribution >= 0.6 is 12.4 Å². The number of nitrogens with one attached hydrogen (secondary N) is 2. The normalized spacial score (nSPS) is 21.8. The molecule has 1 saturated heterocycles. The van der Waals surface area contributed by atoms with E-state index in [1.165, 1.54) is 12.1 Å². The summed E-state index contributed by atoms with van der Waals surface area (Å²) in [5.41, 5.74) is 1.38. The van der Waals surface area contributed by atoms with E-state index in [1.807, 2.05) is 0 Å². The van der Waals surface area contributed by atoms with Gasteiger partial charge in [-0.15, -0.1) is 12.4 Å². The summed E-state index contributed by atoms with van der Waals surface area (Å²) in [6, 6.07) is 6.00. The second-order valence-corrected chi connectivity index (χ2v) is 4.89. The van der Waals surface area contributed by atoms with Gasteiger partial charge in [-0.25, -0.2) is 4.39 Å². The summed E-state index contributed by atoms with van der Waals surface area (Å²) >= 11 is 0. The van der Waals surface area contributed by atoms with Crippen LogP contribution in [-0.4, -0.2) is 38.3 Å². The maximum absolute atomic E-state index is 12.8. The average Bonchev–Trinajstić information content (AvgIpc) is 2.88. The molecule has 1 aromatic carbocycles. The molecule has 6 heteroatoms. The first-order valence-corrected chi connectivity index (χ1v) is 6.58. The summed E-state index contributed by atoms with van der Waals surface area (Å²) in [6.07, 6.45) is 1.73. The molecule has 116 valence electrons. The van der Waals surface area contributed by atoms with Crippen LogP contribution in [0.1, 0.15) is 12.5 Å². The predicted octanol–water partition coefficient (Wildman–Crippen LogP) is 1.75. The van der Waals surface area contributed by atoms with Crippen LogP contribution in [0.15, 0.2) is 29.8 Å². The zero-order chi connectivity index (χ0) is 14.5. The van der Waals surface area contributed by atoms with Gasteiger partial charge in [0.15, 0.2) is 0 Å². The molecule has 2 unspecified atom stereocenters. The predicted molar refractivity (Wildman–Crippen MR) is 82.9 cm³/mol. The zero-order valence-electron chi connectivity index (χ0n) is 12.1. The van der Waals surface area contributed by atoms with Crippen LogP contribution in [0, 0.1) is 5.82 Å². The number of benzene rings is 1. The SMILES string of the molecule is COC1CNCC1NC(=O)C(C)=Cc1ccc(F)cc1.Cl. The molecule has 0 aromatic heterocycles. The molecular formula is C15H20ClFN2O2. The number of amides is 1. The van der Waals surface area contributed by atoms with E-state index in [0.29, 0.717) is 12.1 Å². The van der Waals surface area contributed by atoms with Crippen molar-refractivity contribution in [3.05, 3.63) is 41.2 Å². The first kappa shape index (κ1) is 17.6. The lowest BCUT2D eigenvalue weighted by Gasteiger charge is -2.18. The Bertz CT molecular complexity index is 505. The van der Waals surface area contributed by atoms with Crippen molar-refractivity contribution in [2.45, 2.75) is 19.1 Å². The molecule has 4 nitrogen and oxygen atoms in total. The van der Waals surface area contributed by atoms with E-state index >= 15 is 0 Å². The first-order chi connectivity index (χ1) is 9.60. The molecule has 21 heavy (non-hydrogen) atoms. The molecule has 1 aliphatic heterocycles. The molecule has 0 bridgehead atoms. The highest BCUT2D eigenvalue weighted by atomic mass is 35.5. The molecule has 1 amide bonds. The second-order valence-electron chi connectivity index (χ2n) is 4.89. The first-order valence-electron chi connectivity index (χ1n) is 6.58. The number of carbonyl (C=O) groups excluding carboxylic acids is 1. The quantitative estimate of drug-likeness (QED) is 0.833. The summed E-state index contributed by atoms with van der Waals surface area (Å²) in [5, 5.41) is 6.12. The van der Waals surface area contributed by atoms with Crippen LogP contribution in [0.4, 0.5) is 4.39 Å². The third kappa shape index (κ3) is 4.81. The highest BCUT2D eigenvalue weighted by molar-refractivity contribution is 5.97. The second kappa shape index (κ2) is 8.12. The highest BCUT2D eigenvalue weighted by Crippen LogP contribution is 2.10. The Balaban J connectivity index is 0.00000220. The Morgan fingerprint density at radius 1 is 1.38 bits per heavy atom. The van der Waals surface area contributed by atoms with Gasteiger partial charge in [0, 0.05) is 25.8 Å². The van der Waals surface area contributed by atoms with Gasteiger partial charge >= 0.3 is 0 Å². The van der Waals surface area contributed by atoms with Crippen LogP contribution in [0.2, 0.25) is 0 Å². The zero-order valence-corrected chi connectivity index (χ0v) is 12.9. The third-order valence-corrected chi connectivity index (χ3v) is 3.39. The molecule has 2 N–H and O–H groups in total. The van der Waals surface area contributed by atoms with Gasteiger partial charge in [0.2, 0.25) is 5.91 Å². The summed E-state index contributed by atoms with van der Waals surface area (Å²) in [5.74, 6) is -0.422. The van der Waals surface area contributed by atoms with Gasteiger partial charge in [-0.05, 0) is 30.7 Å². The van der Waals surface area contributed by atoms with E-state index in [9.17, 15) is 9.18 Å². The fraction of sp³-hybridized carbons (Fsp3) is 0.400. The van der Waals surface area contributed by atoms with E-state index in [1.54, 1.807) is 32.2 Å². The van der Waals surface area contributed by atoms with Crippen molar-refractivity contribution >= 4 is 24.4 Å². The van der Waals surface area contributed by atoms with E-state index in [4.69, 9.17) is 4.74 Å². The molecule has 0 radical (unpaired) electrons. The van der Waals surface area contributed by atoms with Gasteiger partial charge in [-0.1, -0.05) is 12.1 Å². The Labute approximate surface area is 130 Å². The molecule has 1 fully saturated rings. The topological polar surface area (TPSA) is 50.4 Å². The van der Waals surface area contributed by atoms with E-state index in [0.717, 1.165) is 12.1 Å². The van der Waals surface area contributed by atoms with E-state index < -0.39 is 0 Å². The molecule has 1 aromatic rings. The third-order valence-electron chi connectivity index (χ3n) is 3.39. The maximum atomic E-state index is 12.8. The molecule has 1 heterocycles. The smallest absolute Gasteiger partial charge is 0.247 e. The summed E-state index contributed by atoms with van der Waals surface area (Å²) in [6.45, 7) is 3.18. The van der Waals surface area contributed by atoms with E-state index in [2.05, 4.69) is 10.6 Å². The van der Waals surface area contributed by atoms with Crippen molar-refractivity contribution < 1.29 is 13.9 Å². The summed E-state index contributed by atoms with van der Waals surface area (Å²) in [7, 11) is 1.64. The van der Waals surface area contributed by atoms with Crippen molar-refractivity contribution in [1.29, 1.82) is 0 Å². The fourth-order valence-corrected chi connectivity index (χ4v) is 2.20. The minimum atomic E-state index is -0.288. The average molecular weight is 315 g/mol. The maximum Gasteiger partial charge on any atom is 0.247 e. The van der Waals surface area contributed by atoms with Gasteiger partial charge in [-0.3, -0.25) is 4.79 Å². The Hall–Kier alpha value is -1.43. The van der Waals surface area contributed by atoms with Crippen LogP contribution in [0.25, 0.3) is 6.08 Å². The monoisotopic (exact) mass is 314 g/mol. The van der Waals surface area contributed by atoms with Gasteiger partial charge in [0.1, 0.15) is 5.82 Å². The Morgan fingerprint density at radius 2 is 2.05 bits per heavy atom. The Kier molecular flexibility index (Phi) is 6.81. The molecule has 1 aliphatic rings. The lowest BCUT2D eigenvalue weighted by atomic mass is 10.1. The number of hydrogen-bond donors (Lipinski definition) is 2. The fourth-order valence-electron chi connectivity index (χ4n) is 2.20. The standard InChI is InChI=1S/C15H19FN2O2.ClH/c1-10(7-11-3-5-12(16)6-4-11)15(19)18-13-8-17-9-14(13)20-2;/h3-7,13-14,17H,8-9H2,1-2H3,(H,18,19);1H. The van der Waals surface area contributed by atoms with Crippen molar-refractivity contribution in [3.63, 3.8) is 0 Å². The number of hydrogen-bond acceptors (Lipinski definition) is 3. The molecule has 0 aliphatic carbocycles. The summed E-state index contributed by atoms with van der Waals surface area (Å²) < 4.78 is 18.1. The number of halogens is 2. The lowest BCUT2D eigenvalue weighted by Crippen LogP contribution is -2.43. The minimum absolute atomic E-state index is 0. The van der Waals surface area contributed by atoms with Gasteiger partial charge < -0.3 is 15.4 Å². The van der Waals surface area contributed by atoms with Crippen molar-refractivity contribution in [3.8, 4) is 0 Å². The molecule has 2 atom stereocenters. The van der Waals surface area contributed by atoms with Gasteiger partial charge in [0.05, 0.1) is 12.1 Å². The molecule has 0 spiro atoms. The highest BCUT2D eigenvalue weighted by Gasteiger charge is 2.28. The molecular weight excluding hydrogens is 295 g/mol. The van der Waals surface area contributed by atoms with Crippen LogP contribution < -0.4 is 10.6 Å². The van der Waals surface area contributed by atoms with Crippen molar-refractivity contribution in [2.75, 3.05) is 20.2 Å². The number of rotatable bonds is 4. The lowest BCUT2D eigenvalue weighted by molar-refractivity contribution is -0.118. The Morgan fingerprint density at radius 3 is 2.67 bits per heavy atom. The molecule has 0 saturated carbocycles. The largest absolute Gasteiger partial charge is 0.378 e. The minimum Gasteiger partial charge on any atom is -0.378 e. The van der Waals surface area contributed by atoms with Crippen LogP contribution in [0.3, 0.4) is 0 Å².